The highest BCUT2D eigenvalue weighted by Gasteiger charge is 2.19. The average Bonchev–Trinajstić information content (AvgIpc) is 3.28. The number of hydrogen-bond donors (Lipinski definition) is 3. The second kappa shape index (κ2) is 10.9. The molecule has 0 saturated heterocycles. The van der Waals surface area contributed by atoms with Crippen LogP contribution in [0.25, 0.3) is 11.0 Å². The van der Waals surface area contributed by atoms with Gasteiger partial charge < -0.3 is 20.8 Å². The molecule has 5 N–H and O–H groups in total. The maximum absolute atomic E-state index is 12.9. The number of methoxy groups -OCH3 is 1. The Morgan fingerprint density at radius 1 is 1.26 bits per heavy atom. The van der Waals surface area contributed by atoms with Crippen molar-refractivity contribution < 1.29 is 14.3 Å². The first kappa shape index (κ1) is 23.6. The van der Waals surface area contributed by atoms with E-state index in [4.69, 9.17) is 15.3 Å². The highest BCUT2D eigenvalue weighted by molar-refractivity contribution is 6.03. The van der Waals surface area contributed by atoms with Gasteiger partial charge in [0.2, 0.25) is 12.4 Å². The molecular weight excluding hydrogens is 398 g/mol. The number of ether oxygens (including phenoxy) is 1. The van der Waals surface area contributed by atoms with Gasteiger partial charge >= 0.3 is 0 Å². The van der Waals surface area contributed by atoms with Crippen molar-refractivity contribution in [3.05, 3.63) is 47.3 Å². The largest absolute Gasteiger partial charge is 0.494 e. The highest BCUT2D eigenvalue weighted by Crippen LogP contribution is 2.30. The quantitative estimate of drug-likeness (QED) is 0.387. The number of imidazole rings is 1. The summed E-state index contributed by atoms with van der Waals surface area (Å²) in [4.78, 5) is 26.1. The molecule has 0 unspecified atom stereocenters. The zero-order valence-electron chi connectivity index (χ0n) is 18.3. The summed E-state index contributed by atoms with van der Waals surface area (Å²) >= 11 is 0. The Morgan fingerprint density at radius 3 is 2.58 bits per heavy atom. The van der Waals surface area contributed by atoms with Gasteiger partial charge in [0.25, 0.3) is 5.91 Å². The Kier molecular flexibility index (Phi) is 8.33. The maximum atomic E-state index is 12.9. The van der Waals surface area contributed by atoms with Gasteiger partial charge in [0, 0.05) is 19.6 Å². The number of benzene rings is 1. The zero-order chi connectivity index (χ0) is 23.0. The van der Waals surface area contributed by atoms with Crippen LogP contribution in [0.3, 0.4) is 0 Å². The number of nitrogens with two attached hydrogens (primary N) is 2. The molecule has 10 heteroatoms. The van der Waals surface area contributed by atoms with E-state index in [0.717, 1.165) is 22.3 Å². The van der Waals surface area contributed by atoms with Gasteiger partial charge in [-0.2, -0.15) is 5.10 Å². The van der Waals surface area contributed by atoms with Gasteiger partial charge in [-0.25, -0.2) is 4.98 Å². The Bertz CT molecular complexity index is 1080. The van der Waals surface area contributed by atoms with E-state index in [-0.39, 0.29) is 12.3 Å². The summed E-state index contributed by atoms with van der Waals surface area (Å²) in [5, 5.41) is 7.27. The summed E-state index contributed by atoms with van der Waals surface area (Å²) in [6, 6.07) is 5.69. The Balaban J connectivity index is 0.00000107. The zero-order valence-corrected chi connectivity index (χ0v) is 18.3. The summed E-state index contributed by atoms with van der Waals surface area (Å²) in [5.74, 6) is 0.906. The molecular formula is C21H29N7O3. The SMILES string of the molecule is CCn1nc(C)cc1C(=O)Nc1nc2cc(C)cc(OC)c2n1C/C=C/CN.NC=O. The summed E-state index contributed by atoms with van der Waals surface area (Å²) in [5.41, 5.74) is 13.6. The van der Waals surface area contributed by atoms with E-state index in [1.54, 1.807) is 17.9 Å². The Hall–Kier alpha value is -3.66. The van der Waals surface area contributed by atoms with Gasteiger partial charge in [-0.1, -0.05) is 12.2 Å². The van der Waals surface area contributed by atoms with Gasteiger partial charge in [0.1, 0.15) is 17.0 Å². The highest BCUT2D eigenvalue weighted by atomic mass is 16.5. The van der Waals surface area contributed by atoms with Gasteiger partial charge in [-0.3, -0.25) is 19.6 Å². The van der Waals surface area contributed by atoms with Crippen LogP contribution in [0.15, 0.2) is 30.4 Å². The van der Waals surface area contributed by atoms with E-state index in [1.165, 1.54) is 0 Å². The van der Waals surface area contributed by atoms with Crippen molar-refractivity contribution >= 4 is 29.3 Å². The minimum atomic E-state index is -0.252. The lowest BCUT2D eigenvalue weighted by Crippen LogP contribution is -2.20. The van der Waals surface area contributed by atoms with Gasteiger partial charge in [-0.05, 0) is 44.5 Å². The number of rotatable bonds is 7. The van der Waals surface area contributed by atoms with Crippen LogP contribution in [0.1, 0.15) is 28.7 Å². The first-order valence-electron chi connectivity index (χ1n) is 9.81. The van der Waals surface area contributed by atoms with E-state index >= 15 is 0 Å². The lowest BCUT2D eigenvalue weighted by molar-refractivity contribution is -0.106. The lowest BCUT2D eigenvalue weighted by atomic mass is 10.2. The van der Waals surface area contributed by atoms with Crippen LogP contribution in [0.2, 0.25) is 0 Å². The molecule has 0 saturated carbocycles. The summed E-state index contributed by atoms with van der Waals surface area (Å²) in [6.45, 7) is 7.36. The molecule has 1 aromatic carbocycles. The number of nitrogens with zero attached hydrogens (tertiary/aromatic N) is 4. The number of carbonyl (C=O) groups is 2. The van der Waals surface area contributed by atoms with Crippen LogP contribution < -0.4 is 21.5 Å². The third kappa shape index (κ3) is 5.48. The number of hydrogen-bond acceptors (Lipinski definition) is 6. The van der Waals surface area contributed by atoms with Crippen molar-refractivity contribution in [2.24, 2.45) is 11.5 Å². The predicted molar refractivity (Wildman–Crippen MR) is 120 cm³/mol. The molecule has 0 fully saturated rings. The monoisotopic (exact) mass is 427 g/mol. The standard InChI is InChI=1S/C20H26N6O2.CH3NO/c1-5-26-16(12-14(3)24-26)19(27)23-20-22-15-10-13(2)11-17(28-4)18(15)25(20)9-7-6-8-21;2-1-3/h6-7,10-12H,5,8-9,21H2,1-4H3,(H,22,23,27);1H,(H2,2,3)/b7-6+;. The normalized spacial score (nSPS) is 10.7. The number of aromatic nitrogens is 4. The predicted octanol–water partition coefficient (Wildman–Crippen LogP) is 1.75. The molecule has 3 rings (SSSR count). The number of amides is 2. The molecule has 166 valence electrons. The van der Waals surface area contributed by atoms with Crippen molar-refractivity contribution in [1.29, 1.82) is 0 Å². The second-order valence-electron chi connectivity index (χ2n) is 6.66. The first-order valence-corrected chi connectivity index (χ1v) is 9.81. The van der Waals surface area contributed by atoms with Crippen LogP contribution in [0, 0.1) is 13.8 Å². The molecule has 0 radical (unpaired) electrons. The molecule has 0 aliphatic rings. The topological polar surface area (TPSA) is 143 Å². The van der Waals surface area contributed by atoms with Gasteiger partial charge in [0.05, 0.1) is 18.3 Å². The fourth-order valence-corrected chi connectivity index (χ4v) is 3.20. The Labute approximate surface area is 180 Å². The van der Waals surface area contributed by atoms with Gasteiger partial charge in [0.15, 0.2) is 0 Å². The van der Waals surface area contributed by atoms with Crippen LogP contribution in [-0.2, 0) is 17.9 Å². The number of aryl methyl sites for hydroxylation is 3. The van der Waals surface area contributed by atoms with Crippen LogP contribution in [0.4, 0.5) is 5.95 Å². The van der Waals surface area contributed by atoms with E-state index < -0.39 is 0 Å². The molecule has 2 heterocycles. The minimum Gasteiger partial charge on any atom is -0.494 e. The maximum Gasteiger partial charge on any atom is 0.276 e. The molecule has 31 heavy (non-hydrogen) atoms. The first-order chi connectivity index (χ1) is 14.9. The molecule has 3 aromatic rings. The van der Waals surface area contributed by atoms with Crippen LogP contribution in [-0.4, -0.2) is 45.3 Å². The van der Waals surface area contributed by atoms with Crippen molar-refractivity contribution in [3.63, 3.8) is 0 Å². The molecule has 0 aliphatic heterocycles. The third-order valence-corrected chi connectivity index (χ3v) is 4.42. The fourth-order valence-electron chi connectivity index (χ4n) is 3.20. The number of allylic oxidation sites excluding steroid dienone is 1. The van der Waals surface area contributed by atoms with E-state index in [9.17, 15) is 4.79 Å². The average molecular weight is 428 g/mol. The second-order valence-corrected chi connectivity index (χ2v) is 6.66. The van der Waals surface area contributed by atoms with Crippen molar-refractivity contribution in [1.82, 2.24) is 19.3 Å². The molecule has 0 atom stereocenters. The Morgan fingerprint density at radius 2 is 1.97 bits per heavy atom. The third-order valence-electron chi connectivity index (χ3n) is 4.42. The van der Waals surface area contributed by atoms with Crippen molar-refractivity contribution in [3.8, 4) is 5.75 Å². The molecule has 2 aromatic heterocycles. The molecule has 2 amide bonds. The van der Waals surface area contributed by atoms with Crippen LogP contribution >= 0.6 is 0 Å². The van der Waals surface area contributed by atoms with E-state index in [0.29, 0.717) is 37.0 Å². The van der Waals surface area contributed by atoms with E-state index in [2.05, 4.69) is 21.1 Å². The number of primary amides is 1. The molecule has 10 nitrogen and oxygen atoms in total. The fraction of sp³-hybridized carbons (Fsp3) is 0.333. The van der Waals surface area contributed by atoms with Crippen LogP contribution in [0.5, 0.6) is 5.75 Å². The molecule has 0 aliphatic carbocycles. The molecule has 0 spiro atoms. The van der Waals surface area contributed by atoms with Crippen molar-refractivity contribution in [2.75, 3.05) is 19.0 Å². The smallest absolute Gasteiger partial charge is 0.276 e. The summed E-state index contributed by atoms with van der Waals surface area (Å²) < 4.78 is 9.15. The number of carbonyl (C=O) groups excluding carboxylic acids is 2. The van der Waals surface area contributed by atoms with Crippen molar-refractivity contribution in [2.45, 2.75) is 33.9 Å². The van der Waals surface area contributed by atoms with E-state index in [1.807, 2.05) is 49.6 Å². The number of anilines is 1. The number of fused-ring (bicyclic) bond motifs is 1. The molecule has 0 bridgehead atoms. The minimum absolute atomic E-state index is 0.250. The summed E-state index contributed by atoms with van der Waals surface area (Å²) in [7, 11) is 1.63. The lowest BCUT2D eigenvalue weighted by Gasteiger charge is -2.11. The van der Waals surface area contributed by atoms with Gasteiger partial charge in [-0.15, -0.1) is 0 Å². The number of nitrogens with one attached hydrogen (secondary N) is 1. The summed E-state index contributed by atoms with van der Waals surface area (Å²) in [6.07, 6.45) is 4.06.